The molecule has 0 radical (unpaired) electrons. The smallest absolute Gasteiger partial charge is 0.268 e. The number of anilines is 1. The molecule has 1 aliphatic heterocycles. The topological polar surface area (TPSA) is 55.6 Å². The number of amides is 1. The average molecular weight is 282 g/mol. The predicted molar refractivity (Wildman–Crippen MR) is 81.5 cm³/mol. The van der Waals surface area contributed by atoms with Gasteiger partial charge in [0.05, 0.1) is 11.7 Å². The summed E-state index contributed by atoms with van der Waals surface area (Å²) >= 11 is 0. The molecule has 0 spiro atoms. The van der Waals surface area contributed by atoms with E-state index in [1.54, 1.807) is 0 Å². The molecule has 3 rings (SSSR count). The van der Waals surface area contributed by atoms with Gasteiger partial charge in [0.1, 0.15) is 6.61 Å². The zero-order valence-electron chi connectivity index (χ0n) is 11.9. The summed E-state index contributed by atoms with van der Waals surface area (Å²) in [7, 11) is 0. The first-order valence-electron chi connectivity index (χ1n) is 7.04. The van der Waals surface area contributed by atoms with Gasteiger partial charge in [-0.2, -0.15) is 5.06 Å². The largest absolute Gasteiger partial charge is 0.319 e. The molecule has 4 nitrogen and oxygen atoms in total. The molecule has 2 aromatic rings. The summed E-state index contributed by atoms with van der Waals surface area (Å²) in [6.45, 7) is 2.30. The van der Waals surface area contributed by atoms with Crippen LogP contribution in [0.25, 0.3) is 0 Å². The number of carbonyl (C=O) groups excluding carboxylic acids is 1. The number of rotatable bonds is 3. The number of benzene rings is 2. The van der Waals surface area contributed by atoms with Crippen LogP contribution in [-0.4, -0.2) is 11.9 Å². The van der Waals surface area contributed by atoms with Gasteiger partial charge in [0.25, 0.3) is 5.91 Å². The summed E-state index contributed by atoms with van der Waals surface area (Å²) in [6, 6.07) is 16.9. The summed E-state index contributed by atoms with van der Waals surface area (Å²) in [4.78, 5) is 18.1. The number of hydroxylamine groups is 1. The van der Waals surface area contributed by atoms with Gasteiger partial charge in [-0.1, -0.05) is 55.5 Å². The molecule has 21 heavy (non-hydrogen) atoms. The van der Waals surface area contributed by atoms with Gasteiger partial charge in [-0.25, -0.2) is 0 Å². The van der Waals surface area contributed by atoms with Crippen molar-refractivity contribution >= 4 is 11.6 Å². The fourth-order valence-corrected chi connectivity index (χ4v) is 2.57. The zero-order chi connectivity index (χ0) is 14.8. The lowest BCUT2D eigenvalue weighted by Crippen LogP contribution is -2.50. The first-order valence-corrected chi connectivity index (χ1v) is 7.04. The van der Waals surface area contributed by atoms with E-state index >= 15 is 0 Å². The molecule has 4 heteroatoms. The highest BCUT2D eigenvalue weighted by Crippen LogP contribution is 2.35. The molecule has 0 saturated carbocycles. The van der Waals surface area contributed by atoms with E-state index < -0.39 is 6.04 Å². The van der Waals surface area contributed by atoms with E-state index in [0.29, 0.717) is 6.61 Å². The molecule has 0 aliphatic carbocycles. The van der Waals surface area contributed by atoms with Crippen LogP contribution < -0.4 is 10.8 Å². The number of hydrogen-bond donors (Lipinski definition) is 1. The number of carbonyl (C=O) groups is 1. The number of fused-ring (bicyclic) bond motifs is 1. The van der Waals surface area contributed by atoms with Gasteiger partial charge in [-0.3, -0.25) is 9.63 Å². The SMILES string of the molecule is C[C@H]1c2ccccc2N(OCc2ccccc2)C(=O)[C@H]1N. The summed E-state index contributed by atoms with van der Waals surface area (Å²) in [6.07, 6.45) is 0. The van der Waals surface area contributed by atoms with Crippen LogP contribution in [0.15, 0.2) is 54.6 Å². The van der Waals surface area contributed by atoms with Crippen LogP contribution in [0.3, 0.4) is 0 Å². The standard InChI is InChI=1S/C17H18N2O2/c1-12-14-9-5-6-10-15(14)19(17(20)16(12)18)21-11-13-7-3-2-4-8-13/h2-10,12,16H,11,18H2,1H3/t12-,16-/m0/s1. The Morgan fingerprint density at radius 2 is 1.76 bits per heavy atom. The minimum Gasteiger partial charge on any atom is -0.319 e. The van der Waals surface area contributed by atoms with Crippen LogP contribution in [0.4, 0.5) is 5.69 Å². The average Bonchev–Trinajstić information content (AvgIpc) is 2.54. The lowest BCUT2D eigenvalue weighted by Gasteiger charge is -2.35. The molecule has 108 valence electrons. The van der Waals surface area contributed by atoms with E-state index in [9.17, 15) is 4.79 Å². The van der Waals surface area contributed by atoms with Crippen LogP contribution in [0, 0.1) is 0 Å². The number of nitrogens with zero attached hydrogens (tertiary/aromatic N) is 1. The maximum atomic E-state index is 12.4. The third-order valence-electron chi connectivity index (χ3n) is 3.87. The Bertz CT molecular complexity index is 642. The van der Waals surface area contributed by atoms with Crippen molar-refractivity contribution in [2.45, 2.75) is 25.5 Å². The van der Waals surface area contributed by atoms with Gasteiger partial charge >= 0.3 is 0 Å². The molecule has 2 aromatic carbocycles. The van der Waals surface area contributed by atoms with Gasteiger partial charge in [-0.05, 0) is 17.2 Å². The number of hydrogen-bond acceptors (Lipinski definition) is 3. The first kappa shape index (κ1) is 13.8. The van der Waals surface area contributed by atoms with Crippen molar-refractivity contribution in [3.05, 3.63) is 65.7 Å². The minimum atomic E-state index is -0.573. The van der Waals surface area contributed by atoms with Gasteiger partial charge in [0, 0.05) is 5.92 Å². The third-order valence-corrected chi connectivity index (χ3v) is 3.87. The summed E-state index contributed by atoms with van der Waals surface area (Å²) < 4.78 is 0. The molecule has 2 atom stereocenters. The van der Waals surface area contributed by atoms with E-state index in [1.807, 2.05) is 61.5 Å². The molecule has 0 bridgehead atoms. The lowest BCUT2D eigenvalue weighted by molar-refractivity contribution is -0.129. The van der Waals surface area contributed by atoms with Gasteiger partial charge in [0.2, 0.25) is 0 Å². The second-order valence-corrected chi connectivity index (χ2v) is 5.26. The second-order valence-electron chi connectivity index (χ2n) is 5.26. The summed E-state index contributed by atoms with van der Waals surface area (Å²) in [5, 5.41) is 1.34. The van der Waals surface area contributed by atoms with E-state index in [-0.39, 0.29) is 11.8 Å². The molecule has 0 saturated heterocycles. The Morgan fingerprint density at radius 1 is 1.10 bits per heavy atom. The maximum Gasteiger partial charge on any atom is 0.268 e. The molecule has 0 aromatic heterocycles. The van der Waals surface area contributed by atoms with Gasteiger partial charge in [-0.15, -0.1) is 0 Å². The fourth-order valence-electron chi connectivity index (χ4n) is 2.57. The minimum absolute atomic E-state index is 0.00900. The maximum absolute atomic E-state index is 12.4. The Morgan fingerprint density at radius 3 is 2.52 bits per heavy atom. The van der Waals surface area contributed by atoms with Crippen molar-refractivity contribution < 1.29 is 9.63 Å². The van der Waals surface area contributed by atoms with Gasteiger partial charge in [0.15, 0.2) is 0 Å². The van der Waals surface area contributed by atoms with Gasteiger partial charge < -0.3 is 5.73 Å². The molecule has 1 heterocycles. The van der Waals surface area contributed by atoms with E-state index in [4.69, 9.17) is 10.6 Å². The molecule has 1 amide bonds. The summed E-state index contributed by atoms with van der Waals surface area (Å²) in [5.74, 6) is -0.206. The molecule has 1 aliphatic rings. The fraction of sp³-hybridized carbons (Fsp3) is 0.235. The van der Waals surface area contributed by atoms with Crippen molar-refractivity contribution in [1.29, 1.82) is 0 Å². The van der Waals surface area contributed by atoms with Crippen LogP contribution in [-0.2, 0) is 16.2 Å². The highest BCUT2D eigenvalue weighted by atomic mass is 16.7. The molecule has 0 unspecified atom stereocenters. The zero-order valence-corrected chi connectivity index (χ0v) is 11.9. The predicted octanol–water partition coefficient (Wildman–Crippen LogP) is 2.60. The Kier molecular flexibility index (Phi) is 3.73. The van der Waals surface area contributed by atoms with Crippen LogP contribution >= 0.6 is 0 Å². The lowest BCUT2D eigenvalue weighted by atomic mass is 9.88. The highest BCUT2D eigenvalue weighted by molar-refractivity contribution is 5.99. The number of para-hydroxylation sites is 1. The Balaban J connectivity index is 1.87. The van der Waals surface area contributed by atoms with Crippen molar-refractivity contribution in [2.75, 3.05) is 5.06 Å². The molecule has 2 N–H and O–H groups in total. The Labute approximate surface area is 124 Å². The van der Waals surface area contributed by atoms with Crippen LogP contribution in [0.5, 0.6) is 0 Å². The molecular formula is C17H18N2O2. The van der Waals surface area contributed by atoms with E-state index in [2.05, 4.69) is 0 Å². The van der Waals surface area contributed by atoms with Crippen molar-refractivity contribution in [2.24, 2.45) is 5.73 Å². The second kappa shape index (κ2) is 5.68. The quantitative estimate of drug-likeness (QED) is 0.941. The first-order chi connectivity index (χ1) is 10.2. The van der Waals surface area contributed by atoms with Crippen LogP contribution in [0.2, 0.25) is 0 Å². The molecule has 0 fully saturated rings. The Hall–Kier alpha value is -2.17. The van der Waals surface area contributed by atoms with Crippen molar-refractivity contribution in [3.63, 3.8) is 0 Å². The van der Waals surface area contributed by atoms with E-state index in [0.717, 1.165) is 16.8 Å². The normalized spacial score (nSPS) is 21.2. The van der Waals surface area contributed by atoms with Crippen molar-refractivity contribution in [1.82, 2.24) is 0 Å². The summed E-state index contributed by atoms with van der Waals surface area (Å²) in [5.41, 5.74) is 8.86. The van der Waals surface area contributed by atoms with E-state index in [1.165, 1.54) is 5.06 Å². The highest BCUT2D eigenvalue weighted by Gasteiger charge is 2.36. The monoisotopic (exact) mass is 282 g/mol. The third kappa shape index (κ3) is 2.55. The molecular weight excluding hydrogens is 264 g/mol. The van der Waals surface area contributed by atoms with Crippen molar-refractivity contribution in [3.8, 4) is 0 Å². The number of nitrogens with two attached hydrogens (primary N) is 1. The van der Waals surface area contributed by atoms with Crippen LogP contribution in [0.1, 0.15) is 24.0 Å².